The molecule has 0 spiro atoms. The summed E-state index contributed by atoms with van der Waals surface area (Å²) in [7, 11) is 1.80. The third-order valence-electron chi connectivity index (χ3n) is 2.32. The number of hydrogen-bond acceptors (Lipinski definition) is 3. The van der Waals surface area contributed by atoms with Gasteiger partial charge in [-0.25, -0.2) is 4.98 Å². The van der Waals surface area contributed by atoms with Crippen molar-refractivity contribution in [2.45, 2.75) is 13.3 Å². The second kappa shape index (κ2) is 5.44. The van der Waals surface area contributed by atoms with Gasteiger partial charge in [-0.05, 0) is 18.6 Å². The smallest absolute Gasteiger partial charge is 0.214 e. The molecule has 82 valence electrons. The summed E-state index contributed by atoms with van der Waals surface area (Å²) in [6, 6.07) is 4.63. The molecule has 0 aliphatic heterocycles. The standard InChI is InChI=1S/C11H15FN2O/c1-3-9(8-15)7-14(2)11-6-4-5-10(12)13-11/h4-6,8-9H,3,7H2,1-2H3/t9-/m1/s1. The number of anilines is 1. The van der Waals surface area contributed by atoms with Crippen LogP contribution in [0.2, 0.25) is 0 Å². The minimum Gasteiger partial charge on any atom is -0.359 e. The van der Waals surface area contributed by atoms with Crippen LogP contribution in [0.3, 0.4) is 0 Å². The Bertz CT molecular complexity index is 330. The Hall–Kier alpha value is -1.45. The molecule has 0 fully saturated rings. The van der Waals surface area contributed by atoms with Crippen LogP contribution in [0.15, 0.2) is 18.2 Å². The maximum Gasteiger partial charge on any atom is 0.214 e. The van der Waals surface area contributed by atoms with Gasteiger partial charge in [-0.2, -0.15) is 4.39 Å². The predicted molar refractivity (Wildman–Crippen MR) is 57.3 cm³/mol. The maximum atomic E-state index is 12.8. The number of nitrogens with zero attached hydrogens (tertiary/aromatic N) is 2. The Balaban J connectivity index is 2.67. The van der Waals surface area contributed by atoms with E-state index in [1.807, 2.05) is 6.92 Å². The fraction of sp³-hybridized carbons (Fsp3) is 0.455. The molecule has 4 heteroatoms. The fourth-order valence-corrected chi connectivity index (χ4v) is 1.32. The van der Waals surface area contributed by atoms with E-state index in [1.165, 1.54) is 6.07 Å². The van der Waals surface area contributed by atoms with Gasteiger partial charge in [0.05, 0.1) is 0 Å². The third kappa shape index (κ3) is 3.31. The lowest BCUT2D eigenvalue weighted by atomic mass is 10.1. The number of aromatic nitrogens is 1. The average Bonchev–Trinajstić information content (AvgIpc) is 2.25. The molecule has 1 heterocycles. The first-order valence-corrected chi connectivity index (χ1v) is 4.96. The second-order valence-electron chi connectivity index (χ2n) is 3.50. The van der Waals surface area contributed by atoms with E-state index in [0.29, 0.717) is 12.4 Å². The molecule has 1 rings (SSSR count). The zero-order valence-corrected chi connectivity index (χ0v) is 8.98. The summed E-state index contributed by atoms with van der Waals surface area (Å²) in [4.78, 5) is 16.2. The number of pyridine rings is 1. The molecule has 0 aliphatic rings. The predicted octanol–water partition coefficient (Wildman–Crippen LogP) is 1.88. The van der Waals surface area contributed by atoms with Crippen molar-refractivity contribution in [3.63, 3.8) is 0 Å². The van der Waals surface area contributed by atoms with Crippen LogP contribution in [0.5, 0.6) is 0 Å². The van der Waals surface area contributed by atoms with Crippen LogP contribution in [0.1, 0.15) is 13.3 Å². The Morgan fingerprint density at radius 1 is 1.60 bits per heavy atom. The number of hydrogen-bond donors (Lipinski definition) is 0. The van der Waals surface area contributed by atoms with Crippen molar-refractivity contribution in [2.24, 2.45) is 5.92 Å². The number of halogens is 1. The minimum atomic E-state index is -0.501. The normalized spacial score (nSPS) is 12.2. The van der Waals surface area contributed by atoms with E-state index in [4.69, 9.17) is 0 Å². The molecule has 15 heavy (non-hydrogen) atoms. The molecule has 0 unspecified atom stereocenters. The van der Waals surface area contributed by atoms with Crippen LogP contribution in [-0.2, 0) is 4.79 Å². The van der Waals surface area contributed by atoms with Gasteiger partial charge in [0, 0.05) is 19.5 Å². The van der Waals surface area contributed by atoms with Gasteiger partial charge in [-0.15, -0.1) is 0 Å². The number of carbonyl (C=O) groups excluding carboxylic acids is 1. The Labute approximate surface area is 88.9 Å². The summed E-state index contributed by atoms with van der Waals surface area (Å²) in [6.45, 7) is 2.52. The van der Waals surface area contributed by atoms with Gasteiger partial charge in [-0.1, -0.05) is 13.0 Å². The molecule has 0 radical (unpaired) electrons. The Morgan fingerprint density at radius 3 is 2.87 bits per heavy atom. The highest BCUT2D eigenvalue weighted by Gasteiger charge is 2.10. The van der Waals surface area contributed by atoms with Gasteiger partial charge in [0.2, 0.25) is 5.95 Å². The van der Waals surface area contributed by atoms with Crippen molar-refractivity contribution in [1.29, 1.82) is 0 Å². The minimum absolute atomic E-state index is 0.0277. The van der Waals surface area contributed by atoms with E-state index in [-0.39, 0.29) is 5.92 Å². The highest BCUT2D eigenvalue weighted by molar-refractivity contribution is 5.55. The van der Waals surface area contributed by atoms with Crippen molar-refractivity contribution in [1.82, 2.24) is 4.98 Å². The topological polar surface area (TPSA) is 33.2 Å². The lowest BCUT2D eigenvalue weighted by molar-refractivity contribution is -0.110. The zero-order chi connectivity index (χ0) is 11.3. The first-order chi connectivity index (χ1) is 7.17. The summed E-state index contributed by atoms with van der Waals surface area (Å²) < 4.78 is 12.8. The van der Waals surface area contributed by atoms with Crippen molar-refractivity contribution in [3.8, 4) is 0 Å². The number of aldehydes is 1. The van der Waals surface area contributed by atoms with Gasteiger partial charge in [0.15, 0.2) is 0 Å². The third-order valence-corrected chi connectivity index (χ3v) is 2.32. The van der Waals surface area contributed by atoms with E-state index < -0.39 is 5.95 Å². The molecule has 1 aromatic heterocycles. The summed E-state index contributed by atoms with van der Waals surface area (Å²) in [5, 5.41) is 0. The summed E-state index contributed by atoms with van der Waals surface area (Å²) in [5.41, 5.74) is 0. The molecule has 0 aromatic carbocycles. The fourth-order valence-electron chi connectivity index (χ4n) is 1.32. The second-order valence-corrected chi connectivity index (χ2v) is 3.50. The number of rotatable bonds is 5. The molecule has 1 aromatic rings. The van der Waals surface area contributed by atoms with Crippen molar-refractivity contribution >= 4 is 12.1 Å². The average molecular weight is 210 g/mol. The quantitative estimate of drug-likeness (QED) is 0.549. The SMILES string of the molecule is CC[C@@H](C=O)CN(C)c1cccc(F)n1. The van der Waals surface area contributed by atoms with Crippen LogP contribution < -0.4 is 4.90 Å². The molecule has 0 amide bonds. The molecular weight excluding hydrogens is 195 g/mol. The molecule has 0 saturated carbocycles. The van der Waals surface area contributed by atoms with Crippen LogP contribution in [0, 0.1) is 11.9 Å². The largest absolute Gasteiger partial charge is 0.359 e. The molecule has 3 nitrogen and oxygen atoms in total. The molecule has 0 saturated heterocycles. The molecule has 1 atom stereocenters. The van der Waals surface area contributed by atoms with Gasteiger partial charge < -0.3 is 9.69 Å². The highest BCUT2D eigenvalue weighted by Crippen LogP contribution is 2.11. The molecule has 0 N–H and O–H groups in total. The van der Waals surface area contributed by atoms with Gasteiger partial charge in [0.25, 0.3) is 0 Å². The highest BCUT2D eigenvalue weighted by atomic mass is 19.1. The molecule has 0 aliphatic carbocycles. The van der Waals surface area contributed by atoms with Crippen molar-refractivity contribution in [3.05, 3.63) is 24.1 Å². The maximum absolute atomic E-state index is 12.8. The lowest BCUT2D eigenvalue weighted by Crippen LogP contribution is -2.26. The first kappa shape index (κ1) is 11.6. The van der Waals surface area contributed by atoms with Crippen LogP contribution in [-0.4, -0.2) is 24.9 Å². The summed E-state index contributed by atoms with van der Waals surface area (Å²) in [5.74, 6) is 0.0221. The van der Waals surface area contributed by atoms with Crippen molar-refractivity contribution < 1.29 is 9.18 Å². The van der Waals surface area contributed by atoms with Gasteiger partial charge in [-0.3, -0.25) is 0 Å². The van der Waals surface area contributed by atoms with Crippen molar-refractivity contribution in [2.75, 3.05) is 18.5 Å². The lowest BCUT2D eigenvalue weighted by Gasteiger charge is -2.20. The van der Waals surface area contributed by atoms with E-state index in [1.54, 1.807) is 24.1 Å². The monoisotopic (exact) mass is 210 g/mol. The van der Waals surface area contributed by atoms with E-state index in [9.17, 15) is 9.18 Å². The summed E-state index contributed by atoms with van der Waals surface area (Å²) in [6.07, 6.45) is 1.71. The van der Waals surface area contributed by atoms with Gasteiger partial charge >= 0.3 is 0 Å². The van der Waals surface area contributed by atoms with E-state index >= 15 is 0 Å². The first-order valence-electron chi connectivity index (χ1n) is 4.96. The molecular formula is C11H15FN2O. The molecule has 0 bridgehead atoms. The zero-order valence-electron chi connectivity index (χ0n) is 8.98. The Morgan fingerprint density at radius 2 is 2.33 bits per heavy atom. The van der Waals surface area contributed by atoms with Crippen LogP contribution in [0.25, 0.3) is 0 Å². The van der Waals surface area contributed by atoms with E-state index in [0.717, 1.165) is 12.7 Å². The van der Waals surface area contributed by atoms with Crippen LogP contribution in [0.4, 0.5) is 10.2 Å². The summed E-state index contributed by atoms with van der Waals surface area (Å²) >= 11 is 0. The van der Waals surface area contributed by atoms with Crippen LogP contribution >= 0.6 is 0 Å². The Kier molecular flexibility index (Phi) is 4.21. The van der Waals surface area contributed by atoms with Gasteiger partial charge in [0.1, 0.15) is 12.1 Å². The van der Waals surface area contributed by atoms with E-state index in [2.05, 4.69) is 4.98 Å². The number of carbonyl (C=O) groups is 1.